The summed E-state index contributed by atoms with van der Waals surface area (Å²) in [6.45, 7) is 0. The van der Waals surface area contributed by atoms with Gasteiger partial charge in [-0.2, -0.15) is 0 Å². The first-order chi connectivity index (χ1) is 6.56. The summed E-state index contributed by atoms with van der Waals surface area (Å²) in [6.07, 6.45) is 0. The van der Waals surface area contributed by atoms with E-state index in [0.717, 1.165) is 18.2 Å². The van der Waals surface area contributed by atoms with Crippen LogP contribution in [-0.2, 0) is 0 Å². The molecule has 0 saturated carbocycles. The highest BCUT2D eigenvalue weighted by atomic mass is 16.6. The van der Waals surface area contributed by atoms with Crippen molar-refractivity contribution in [3.63, 3.8) is 0 Å². The fourth-order valence-electron chi connectivity index (χ4n) is 0.922. The lowest BCUT2D eigenvalue weighted by molar-refractivity contribution is -0.384. The van der Waals surface area contributed by atoms with Crippen molar-refractivity contribution in [3.8, 4) is 0 Å². The predicted molar refractivity (Wildman–Crippen MR) is 46.4 cm³/mol. The number of benzene rings is 1. The second-order valence-corrected chi connectivity index (χ2v) is 2.42. The Bertz CT molecular complexity index is 449. The first-order valence-electron chi connectivity index (χ1n) is 3.49. The number of nitrogens with zero attached hydrogens (tertiary/aromatic N) is 3. The van der Waals surface area contributed by atoms with Crippen LogP contribution in [0.25, 0.3) is 4.98 Å². The van der Waals surface area contributed by atoms with Crippen LogP contribution in [-0.4, -0.2) is 10.8 Å². The molecule has 0 saturated heterocycles. The topological polar surface area (TPSA) is 114 Å². The molecular weight excluding hydrogens is 188 g/mol. The molecule has 0 fully saturated rings. The number of diazo groups is 1. The van der Waals surface area contributed by atoms with Crippen molar-refractivity contribution in [1.82, 2.24) is 0 Å². The second-order valence-electron chi connectivity index (χ2n) is 2.42. The van der Waals surface area contributed by atoms with E-state index in [-0.39, 0.29) is 16.9 Å². The van der Waals surface area contributed by atoms with Gasteiger partial charge in [-0.05, 0) is 0 Å². The van der Waals surface area contributed by atoms with Gasteiger partial charge in [-0.3, -0.25) is 14.9 Å². The number of nitro benzene ring substituents is 1. The van der Waals surface area contributed by atoms with Crippen molar-refractivity contribution in [3.05, 3.63) is 38.9 Å². The molecule has 1 rings (SSSR count). The quantitative estimate of drug-likeness (QED) is 0.431. The molecule has 70 valence electrons. The first-order valence-corrected chi connectivity index (χ1v) is 3.49. The standard InChI is InChI=1S/C7H4N4O3/c8-7(12)5-3-4(11(13)14)1-2-6(5)10-9/h1-3H,(H-,8,12)/p+1. The van der Waals surface area contributed by atoms with Crippen LogP contribution in [0.4, 0.5) is 11.4 Å². The normalized spacial score (nSPS) is 9.07. The molecule has 1 aromatic carbocycles. The van der Waals surface area contributed by atoms with Gasteiger partial charge in [-0.25, -0.2) is 0 Å². The zero-order chi connectivity index (χ0) is 10.7. The van der Waals surface area contributed by atoms with Crippen molar-refractivity contribution in [2.24, 2.45) is 5.73 Å². The van der Waals surface area contributed by atoms with Crippen molar-refractivity contribution in [1.29, 1.82) is 5.39 Å². The average molecular weight is 193 g/mol. The van der Waals surface area contributed by atoms with Gasteiger partial charge < -0.3 is 5.73 Å². The van der Waals surface area contributed by atoms with Crippen molar-refractivity contribution in [2.45, 2.75) is 0 Å². The number of hydrogen-bond acceptors (Lipinski definition) is 4. The molecule has 0 bridgehead atoms. The molecule has 0 spiro atoms. The van der Waals surface area contributed by atoms with Gasteiger partial charge in [-0.1, -0.05) is 0 Å². The molecule has 7 heteroatoms. The summed E-state index contributed by atoms with van der Waals surface area (Å²) in [7, 11) is 0. The van der Waals surface area contributed by atoms with E-state index in [9.17, 15) is 14.9 Å². The highest BCUT2D eigenvalue weighted by Gasteiger charge is 2.22. The Labute approximate surface area is 77.9 Å². The number of carbonyl (C=O) groups is 1. The smallest absolute Gasteiger partial charge is 0.365 e. The Morgan fingerprint density at radius 2 is 2.21 bits per heavy atom. The zero-order valence-electron chi connectivity index (χ0n) is 6.88. The van der Waals surface area contributed by atoms with Gasteiger partial charge in [0.15, 0.2) is 4.98 Å². The number of carbonyl (C=O) groups excluding carboxylic acids is 1. The summed E-state index contributed by atoms with van der Waals surface area (Å²) < 4.78 is 0. The number of nitro groups is 1. The summed E-state index contributed by atoms with van der Waals surface area (Å²) in [6, 6.07) is 3.21. The number of rotatable bonds is 2. The third-order valence-electron chi connectivity index (χ3n) is 1.56. The van der Waals surface area contributed by atoms with Crippen LogP contribution in [0.3, 0.4) is 0 Å². The number of primary amides is 1. The van der Waals surface area contributed by atoms with E-state index < -0.39 is 10.8 Å². The van der Waals surface area contributed by atoms with Gasteiger partial charge in [0.1, 0.15) is 5.56 Å². The van der Waals surface area contributed by atoms with Gasteiger partial charge in [0.25, 0.3) is 11.6 Å². The van der Waals surface area contributed by atoms with Crippen LogP contribution >= 0.6 is 0 Å². The summed E-state index contributed by atoms with van der Waals surface area (Å²) >= 11 is 0. The minimum Gasteiger partial charge on any atom is -0.365 e. The molecule has 2 N–H and O–H groups in total. The largest absolute Gasteiger partial charge is 0.398 e. The molecule has 1 amide bonds. The molecule has 1 aromatic rings. The van der Waals surface area contributed by atoms with E-state index in [0.29, 0.717) is 0 Å². The maximum Gasteiger partial charge on any atom is 0.398 e. The summed E-state index contributed by atoms with van der Waals surface area (Å²) in [5.74, 6) is -0.887. The monoisotopic (exact) mass is 193 g/mol. The minimum atomic E-state index is -0.887. The number of non-ortho nitro benzene ring substituents is 1. The molecule has 7 nitrogen and oxygen atoms in total. The van der Waals surface area contributed by atoms with Gasteiger partial charge in [0, 0.05) is 18.2 Å². The van der Waals surface area contributed by atoms with Crippen LogP contribution in [0, 0.1) is 15.5 Å². The number of amides is 1. The number of hydrogen-bond donors (Lipinski definition) is 1. The Kier molecular flexibility index (Phi) is 2.39. The molecule has 0 unspecified atom stereocenters. The predicted octanol–water partition coefficient (Wildman–Crippen LogP) is 1.18. The summed E-state index contributed by atoms with van der Waals surface area (Å²) in [5.41, 5.74) is 4.35. The van der Waals surface area contributed by atoms with E-state index >= 15 is 0 Å². The highest BCUT2D eigenvalue weighted by molar-refractivity contribution is 5.99. The third kappa shape index (κ3) is 1.64. The second kappa shape index (κ2) is 3.49. The minimum absolute atomic E-state index is 0.0944. The van der Waals surface area contributed by atoms with Gasteiger partial charge >= 0.3 is 5.69 Å². The van der Waals surface area contributed by atoms with E-state index in [1.165, 1.54) is 0 Å². The Morgan fingerprint density at radius 3 is 2.64 bits per heavy atom. The van der Waals surface area contributed by atoms with Gasteiger partial charge in [-0.15, -0.1) is 0 Å². The first kappa shape index (κ1) is 9.60. The van der Waals surface area contributed by atoms with Crippen LogP contribution in [0.15, 0.2) is 18.2 Å². The lowest BCUT2D eigenvalue weighted by atomic mass is 10.1. The summed E-state index contributed by atoms with van der Waals surface area (Å²) in [5, 5.41) is 18.8. The fraction of sp³-hybridized carbons (Fsp3) is 0. The van der Waals surface area contributed by atoms with E-state index in [1.54, 1.807) is 0 Å². The van der Waals surface area contributed by atoms with E-state index in [2.05, 4.69) is 4.98 Å². The number of nitrogens with two attached hydrogens (primary N) is 1. The third-order valence-corrected chi connectivity index (χ3v) is 1.56. The lowest BCUT2D eigenvalue weighted by Gasteiger charge is -1.91. The highest BCUT2D eigenvalue weighted by Crippen LogP contribution is 2.23. The Morgan fingerprint density at radius 1 is 1.57 bits per heavy atom. The van der Waals surface area contributed by atoms with Crippen molar-refractivity contribution in [2.75, 3.05) is 0 Å². The summed E-state index contributed by atoms with van der Waals surface area (Å²) in [4.78, 5) is 23.2. The van der Waals surface area contributed by atoms with Gasteiger partial charge in [0.05, 0.1) is 4.92 Å². The van der Waals surface area contributed by atoms with Crippen LogP contribution in [0.1, 0.15) is 10.4 Å². The van der Waals surface area contributed by atoms with Crippen LogP contribution in [0.5, 0.6) is 0 Å². The van der Waals surface area contributed by atoms with Gasteiger partial charge in [0.2, 0.25) is 5.39 Å². The molecule has 0 atom stereocenters. The average Bonchev–Trinajstić information content (AvgIpc) is 2.16. The van der Waals surface area contributed by atoms with Crippen molar-refractivity contribution < 1.29 is 9.72 Å². The van der Waals surface area contributed by atoms with E-state index in [1.807, 2.05) is 0 Å². The molecule has 0 heterocycles. The molecule has 0 aromatic heterocycles. The fourth-order valence-corrected chi connectivity index (χ4v) is 0.922. The van der Waals surface area contributed by atoms with Crippen molar-refractivity contribution >= 4 is 17.3 Å². The van der Waals surface area contributed by atoms with Crippen LogP contribution in [0.2, 0.25) is 0 Å². The molecule has 0 radical (unpaired) electrons. The van der Waals surface area contributed by atoms with E-state index in [4.69, 9.17) is 11.1 Å². The SMILES string of the molecule is N#[N+]c1ccc([N+](=O)[O-])cc1C(N)=O. The molecule has 0 aliphatic rings. The zero-order valence-corrected chi connectivity index (χ0v) is 6.88. The maximum absolute atomic E-state index is 10.8. The molecule has 0 aliphatic carbocycles. The Balaban J connectivity index is 3.37. The lowest BCUT2D eigenvalue weighted by Crippen LogP contribution is -2.11. The maximum atomic E-state index is 10.8. The molecule has 0 aliphatic heterocycles. The Hall–Kier alpha value is -2.49. The molecular formula is C7H5N4O3+. The van der Waals surface area contributed by atoms with Crippen LogP contribution < -0.4 is 5.73 Å². The molecule has 14 heavy (non-hydrogen) atoms.